The summed E-state index contributed by atoms with van der Waals surface area (Å²) in [6, 6.07) is 9.38. The van der Waals surface area contributed by atoms with Gasteiger partial charge in [0.1, 0.15) is 5.15 Å². The zero-order valence-corrected chi connectivity index (χ0v) is 8.15. The Morgan fingerprint density at radius 1 is 1.07 bits per heavy atom. The van der Waals surface area contributed by atoms with Crippen LogP contribution in [0, 0.1) is 6.42 Å². The minimum atomic E-state index is 0.507. The van der Waals surface area contributed by atoms with E-state index in [-0.39, 0.29) is 0 Å². The van der Waals surface area contributed by atoms with Crippen molar-refractivity contribution in [2.24, 2.45) is 0 Å². The largest absolute Gasteiger partial charge is 0.265 e. The first kappa shape index (κ1) is 9.16. The van der Waals surface area contributed by atoms with Crippen LogP contribution in [0.5, 0.6) is 0 Å². The Morgan fingerprint density at radius 2 is 1.86 bits per heavy atom. The molecular weight excluding hydrogens is 196 g/mol. The molecule has 0 fully saturated rings. The van der Waals surface area contributed by atoms with E-state index in [0.29, 0.717) is 5.15 Å². The molecule has 0 N–H and O–H groups in total. The second kappa shape index (κ2) is 4.20. The van der Waals surface area contributed by atoms with E-state index in [1.54, 1.807) is 18.5 Å². The maximum Gasteiger partial charge on any atom is 0.129 e. The fourth-order valence-electron chi connectivity index (χ4n) is 1.13. The molecular formula is C11H8ClN2. The average Bonchev–Trinajstić information content (AvgIpc) is 2.19. The lowest BCUT2D eigenvalue weighted by atomic mass is 10.1. The standard InChI is InChI=1S/C11H8ClN2/c12-11-3-1-2-10(14-11)8-9-4-6-13-7-5-9/h1-8H. The highest BCUT2D eigenvalue weighted by molar-refractivity contribution is 6.29. The first-order valence-corrected chi connectivity index (χ1v) is 4.60. The zero-order chi connectivity index (χ0) is 9.80. The van der Waals surface area contributed by atoms with Crippen LogP contribution in [0.3, 0.4) is 0 Å². The summed E-state index contributed by atoms with van der Waals surface area (Å²) in [5.74, 6) is 0. The topological polar surface area (TPSA) is 25.8 Å². The normalized spacial score (nSPS) is 10.1. The Morgan fingerprint density at radius 3 is 2.57 bits per heavy atom. The van der Waals surface area contributed by atoms with Crippen molar-refractivity contribution in [3.8, 4) is 0 Å². The lowest BCUT2D eigenvalue weighted by Gasteiger charge is -1.99. The van der Waals surface area contributed by atoms with E-state index in [0.717, 1.165) is 11.3 Å². The van der Waals surface area contributed by atoms with Crippen LogP contribution in [0.15, 0.2) is 42.7 Å². The van der Waals surface area contributed by atoms with Gasteiger partial charge in [-0.15, -0.1) is 0 Å². The number of hydrogen-bond acceptors (Lipinski definition) is 2. The molecule has 0 amide bonds. The second-order valence-corrected chi connectivity index (χ2v) is 3.20. The van der Waals surface area contributed by atoms with Crippen LogP contribution in [-0.4, -0.2) is 9.97 Å². The molecule has 2 nitrogen and oxygen atoms in total. The van der Waals surface area contributed by atoms with E-state index >= 15 is 0 Å². The molecule has 2 aromatic heterocycles. The molecule has 0 saturated heterocycles. The minimum Gasteiger partial charge on any atom is -0.265 e. The number of aromatic nitrogens is 2. The lowest BCUT2D eigenvalue weighted by Crippen LogP contribution is -1.89. The molecule has 1 radical (unpaired) electrons. The highest BCUT2D eigenvalue weighted by Crippen LogP contribution is 2.11. The summed E-state index contributed by atoms with van der Waals surface area (Å²) in [5.41, 5.74) is 1.92. The number of nitrogens with zero attached hydrogens (tertiary/aromatic N) is 2. The van der Waals surface area contributed by atoms with Crippen molar-refractivity contribution >= 4 is 11.6 Å². The lowest BCUT2D eigenvalue weighted by molar-refractivity contribution is 1.20. The molecule has 0 bridgehead atoms. The summed E-state index contributed by atoms with van der Waals surface area (Å²) in [7, 11) is 0. The predicted octanol–water partition coefficient (Wildman–Crippen LogP) is 2.73. The monoisotopic (exact) mass is 203 g/mol. The van der Waals surface area contributed by atoms with Crippen molar-refractivity contribution in [2.45, 2.75) is 0 Å². The molecule has 0 aliphatic heterocycles. The van der Waals surface area contributed by atoms with E-state index in [1.165, 1.54) is 0 Å². The van der Waals surface area contributed by atoms with Crippen LogP contribution >= 0.6 is 11.6 Å². The van der Waals surface area contributed by atoms with Gasteiger partial charge >= 0.3 is 0 Å². The zero-order valence-electron chi connectivity index (χ0n) is 7.39. The molecule has 0 aromatic carbocycles. The Bertz CT molecular complexity index is 415. The van der Waals surface area contributed by atoms with Crippen molar-refractivity contribution in [3.05, 3.63) is 65.6 Å². The molecule has 0 aliphatic rings. The highest BCUT2D eigenvalue weighted by atomic mass is 35.5. The maximum absolute atomic E-state index is 5.77. The molecule has 0 spiro atoms. The van der Waals surface area contributed by atoms with Crippen LogP contribution in [0.4, 0.5) is 0 Å². The molecule has 14 heavy (non-hydrogen) atoms. The first-order chi connectivity index (χ1) is 6.84. The third-order valence-corrected chi connectivity index (χ3v) is 1.97. The number of hydrogen-bond donors (Lipinski definition) is 0. The Kier molecular flexibility index (Phi) is 2.75. The summed E-state index contributed by atoms with van der Waals surface area (Å²) in [6.45, 7) is 0. The average molecular weight is 204 g/mol. The number of rotatable bonds is 2. The summed E-state index contributed by atoms with van der Waals surface area (Å²) < 4.78 is 0. The third kappa shape index (κ3) is 2.30. The van der Waals surface area contributed by atoms with Crippen molar-refractivity contribution in [3.63, 3.8) is 0 Å². The highest BCUT2D eigenvalue weighted by Gasteiger charge is 1.98. The molecule has 0 aliphatic carbocycles. The minimum absolute atomic E-state index is 0.507. The van der Waals surface area contributed by atoms with Crippen molar-refractivity contribution in [1.82, 2.24) is 9.97 Å². The molecule has 0 unspecified atom stereocenters. The third-order valence-electron chi connectivity index (χ3n) is 1.76. The molecule has 2 rings (SSSR count). The van der Waals surface area contributed by atoms with Gasteiger partial charge in [-0.2, -0.15) is 0 Å². The van der Waals surface area contributed by atoms with Crippen molar-refractivity contribution in [1.29, 1.82) is 0 Å². The first-order valence-electron chi connectivity index (χ1n) is 4.22. The van der Waals surface area contributed by atoms with E-state index in [1.807, 2.05) is 30.7 Å². The molecule has 2 aromatic rings. The van der Waals surface area contributed by atoms with Gasteiger partial charge in [-0.3, -0.25) is 4.98 Å². The van der Waals surface area contributed by atoms with Crippen LogP contribution in [-0.2, 0) is 0 Å². The van der Waals surface area contributed by atoms with Gasteiger partial charge in [-0.05, 0) is 29.8 Å². The van der Waals surface area contributed by atoms with Crippen molar-refractivity contribution < 1.29 is 0 Å². The van der Waals surface area contributed by atoms with E-state index in [4.69, 9.17) is 11.6 Å². The van der Waals surface area contributed by atoms with Crippen LogP contribution in [0.1, 0.15) is 11.3 Å². The van der Waals surface area contributed by atoms with Gasteiger partial charge in [0, 0.05) is 18.8 Å². The van der Waals surface area contributed by atoms with Crippen molar-refractivity contribution in [2.75, 3.05) is 0 Å². The Labute approximate surface area is 87.6 Å². The van der Waals surface area contributed by atoms with Gasteiger partial charge < -0.3 is 0 Å². The maximum atomic E-state index is 5.77. The smallest absolute Gasteiger partial charge is 0.129 e. The predicted molar refractivity (Wildman–Crippen MR) is 56.0 cm³/mol. The quantitative estimate of drug-likeness (QED) is 0.702. The summed E-state index contributed by atoms with van der Waals surface area (Å²) in [4.78, 5) is 8.10. The number of halogens is 1. The molecule has 69 valence electrons. The fraction of sp³-hybridized carbons (Fsp3) is 0. The molecule has 0 atom stereocenters. The fourth-order valence-corrected chi connectivity index (χ4v) is 1.31. The van der Waals surface area contributed by atoms with E-state index in [9.17, 15) is 0 Å². The van der Waals surface area contributed by atoms with Gasteiger partial charge in [0.2, 0.25) is 0 Å². The molecule has 2 heterocycles. The number of pyridine rings is 2. The van der Waals surface area contributed by atoms with E-state index < -0.39 is 0 Å². The summed E-state index contributed by atoms with van der Waals surface area (Å²) in [6.07, 6.45) is 5.44. The van der Waals surface area contributed by atoms with Gasteiger partial charge in [0.05, 0.1) is 5.69 Å². The summed E-state index contributed by atoms with van der Waals surface area (Å²) in [5, 5.41) is 0.507. The molecule has 0 saturated carbocycles. The van der Waals surface area contributed by atoms with E-state index in [2.05, 4.69) is 9.97 Å². The van der Waals surface area contributed by atoms with Crippen LogP contribution in [0.2, 0.25) is 5.15 Å². The Balaban J connectivity index is 2.19. The van der Waals surface area contributed by atoms with Crippen LogP contribution in [0.25, 0.3) is 0 Å². The van der Waals surface area contributed by atoms with Gasteiger partial charge in [-0.25, -0.2) is 4.98 Å². The second-order valence-electron chi connectivity index (χ2n) is 2.81. The Hall–Kier alpha value is -1.41. The van der Waals surface area contributed by atoms with Gasteiger partial charge in [0.15, 0.2) is 0 Å². The van der Waals surface area contributed by atoms with Gasteiger partial charge in [-0.1, -0.05) is 17.7 Å². The SMILES string of the molecule is Clc1cccc([CH]c2ccncc2)n1. The van der Waals surface area contributed by atoms with Crippen LogP contribution < -0.4 is 0 Å². The summed E-state index contributed by atoms with van der Waals surface area (Å²) >= 11 is 5.77. The van der Waals surface area contributed by atoms with Gasteiger partial charge in [0.25, 0.3) is 0 Å². The molecule has 3 heteroatoms.